The summed E-state index contributed by atoms with van der Waals surface area (Å²) in [4.78, 5) is 16.1. The molecule has 0 saturated carbocycles. The molecule has 4 heterocycles. The van der Waals surface area contributed by atoms with Crippen LogP contribution in [0.25, 0.3) is 40.0 Å². The molecule has 30 heavy (non-hydrogen) atoms. The number of carbonyl (C=O) groups excluding carboxylic acids is 1. The molecule has 0 bridgehead atoms. The predicted molar refractivity (Wildman–Crippen MR) is 128 cm³/mol. The Kier molecular flexibility index (Phi) is 4.66. The molecular formula is C22H17FO3S4. The summed E-state index contributed by atoms with van der Waals surface area (Å²) in [6, 6.07) is 4.18. The van der Waals surface area contributed by atoms with Gasteiger partial charge in [0.2, 0.25) is 0 Å². The predicted octanol–water partition coefficient (Wildman–Crippen LogP) is 8.03. The summed E-state index contributed by atoms with van der Waals surface area (Å²) in [5.41, 5.74) is 0. The maximum absolute atomic E-state index is 15.2. The largest absolute Gasteiger partial charge is 0.495 e. The summed E-state index contributed by atoms with van der Waals surface area (Å²) in [5.74, 6) is 0.997. The maximum atomic E-state index is 15.2. The maximum Gasteiger partial charge on any atom is 0.172 e. The molecule has 1 aromatic carbocycles. The van der Waals surface area contributed by atoms with Crippen LogP contribution in [0.5, 0.6) is 11.5 Å². The third-order valence-electron chi connectivity index (χ3n) is 5.09. The minimum Gasteiger partial charge on any atom is -0.495 e. The van der Waals surface area contributed by atoms with Crippen LogP contribution in [0, 0.1) is 19.7 Å². The van der Waals surface area contributed by atoms with Crippen LogP contribution in [-0.2, 0) is 0 Å². The van der Waals surface area contributed by atoms with Crippen molar-refractivity contribution in [2.45, 2.75) is 20.8 Å². The van der Waals surface area contributed by atoms with Crippen LogP contribution in [0.1, 0.15) is 26.3 Å². The Bertz CT molecular complexity index is 1420. The summed E-state index contributed by atoms with van der Waals surface area (Å²) in [7, 11) is 3.36. The van der Waals surface area contributed by atoms with Crippen molar-refractivity contribution in [3.05, 3.63) is 32.6 Å². The van der Waals surface area contributed by atoms with E-state index in [2.05, 4.69) is 19.1 Å². The number of ether oxygens (including phenoxy) is 2. The zero-order chi connectivity index (χ0) is 21.3. The number of thiophene rings is 4. The lowest BCUT2D eigenvalue weighted by atomic mass is 10.1. The summed E-state index contributed by atoms with van der Waals surface area (Å²) in [6.07, 6.45) is 0. The van der Waals surface area contributed by atoms with Crippen LogP contribution in [-0.4, -0.2) is 20.0 Å². The molecule has 0 unspecified atom stereocenters. The summed E-state index contributed by atoms with van der Waals surface area (Å²) < 4.78 is 29.7. The van der Waals surface area contributed by atoms with E-state index in [1.807, 2.05) is 6.92 Å². The number of hydrogen-bond acceptors (Lipinski definition) is 7. The lowest BCUT2D eigenvalue weighted by molar-refractivity contribution is 0.101. The Morgan fingerprint density at radius 2 is 1.53 bits per heavy atom. The number of fused-ring (bicyclic) bond motifs is 3. The number of halogens is 1. The zero-order valence-electron chi connectivity index (χ0n) is 16.9. The molecule has 0 aliphatic carbocycles. The first-order valence-electron chi connectivity index (χ1n) is 9.16. The van der Waals surface area contributed by atoms with Crippen LogP contribution in [0.15, 0.2) is 12.1 Å². The topological polar surface area (TPSA) is 35.5 Å². The number of aryl methyl sites for hydroxylation is 2. The molecule has 0 saturated heterocycles. The number of ketones is 1. The van der Waals surface area contributed by atoms with Crippen LogP contribution in [0.4, 0.5) is 4.39 Å². The number of hydrogen-bond donors (Lipinski definition) is 0. The standard InChI is InChI=1S/C22H17FO3S4/c1-8-6-11-16(25-4)21-12(17(26-5)20(11)27-8)7-13(29-21)22-14-15(23)18(9(2)24)30-19(14)10(3)28-22/h6-7H,1-5H3. The van der Waals surface area contributed by atoms with E-state index in [0.717, 1.165) is 51.0 Å². The summed E-state index contributed by atoms with van der Waals surface area (Å²) in [6.45, 7) is 5.46. The van der Waals surface area contributed by atoms with Crippen molar-refractivity contribution in [2.24, 2.45) is 0 Å². The first-order valence-corrected chi connectivity index (χ1v) is 12.4. The smallest absolute Gasteiger partial charge is 0.172 e. The van der Waals surface area contributed by atoms with E-state index >= 15 is 4.39 Å². The molecular weight excluding hydrogens is 460 g/mol. The average molecular weight is 477 g/mol. The molecule has 4 aromatic heterocycles. The lowest BCUT2D eigenvalue weighted by Gasteiger charge is -2.08. The van der Waals surface area contributed by atoms with E-state index in [1.165, 1.54) is 23.1 Å². The van der Waals surface area contributed by atoms with Crippen molar-refractivity contribution in [2.75, 3.05) is 14.2 Å². The Balaban J connectivity index is 1.86. The van der Waals surface area contributed by atoms with Crippen LogP contribution >= 0.6 is 45.3 Å². The average Bonchev–Trinajstić information content (AvgIpc) is 3.43. The Morgan fingerprint density at radius 3 is 2.17 bits per heavy atom. The first kappa shape index (κ1) is 19.9. The number of carbonyl (C=O) groups is 1. The highest BCUT2D eigenvalue weighted by Gasteiger charge is 2.26. The minimum atomic E-state index is -0.408. The number of Topliss-reactive ketones (excluding diaryl/α,β-unsaturated/α-hetero) is 1. The molecule has 154 valence electrons. The van der Waals surface area contributed by atoms with Gasteiger partial charge in [-0.25, -0.2) is 4.39 Å². The van der Waals surface area contributed by atoms with Gasteiger partial charge in [-0.2, -0.15) is 0 Å². The normalized spacial score (nSPS) is 11.8. The van der Waals surface area contributed by atoms with Gasteiger partial charge in [0.15, 0.2) is 11.6 Å². The third kappa shape index (κ3) is 2.67. The summed E-state index contributed by atoms with van der Waals surface area (Å²) in [5, 5.41) is 2.55. The lowest BCUT2D eigenvalue weighted by Crippen LogP contribution is -1.90. The van der Waals surface area contributed by atoms with E-state index in [9.17, 15) is 4.79 Å². The highest BCUT2D eigenvalue weighted by atomic mass is 32.1. The first-order chi connectivity index (χ1) is 14.3. The fourth-order valence-corrected chi connectivity index (χ4v) is 8.54. The number of methoxy groups -OCH3 is 2. The molecule has 5 aromatic rings. The molecule has 0 amide bonds. The Hall–Kier alpha value is -2.00. The molecule has 0 N–H and O–H groups in total. The fraction of sp³-hybridized carbons (Fsp3) is 0.227. The van der Waals surface area contributed by atoms with Gasteiger partial charge in [-0.3, -0.25) is 4.79 Å². The van der Waals surface area contributed by atoms with Gasteiger partial charge in [-0.1, -0.05) is 0 Å². The SMILES string of the molecule is COc1c2cc(-c3sc(C)c4sc(C(C)=O)c(F)c34)sc2c(OC)c2cc(C)sc12. The Labute approximate surface area is 188 Å². The molecule has 0 atom stereocenters. The molecule has 5 rings (SSSR count). The molecule has 0 fully saturated rings. The zero-order valence-corrected chi connectivity index (χ0v) is 20.2. The number of benzene rings is 1. The Morgan fingerprint density at radius 1 is 0.900 bits per heavy atom. The minimum absolute atomic E-state index is 0.199. The molecule has 0 radical (unpaired) electrons. The monoisotopic (exact) mass is 476 g/mol. The van der Waals surface area contributed by atoms with Gasteiger partial charge in [0.25, 0.3) is 0 Å². The molecule has 8 heteroatoms. The van der Waals surface area contributed by atoms with Crippen molar-refractivity contribution in [3.8, 4) is 21.3 Å². The van der Waals surface area contributed by atoms with E-state index in [4.69, 9.17) is 9.47 Å². The molecule has 0 aliphatic heterocycles. The van der Waals surface area contributed by atoms with Crippen molar-refractivity contribution in [3.63, 3.8) is 0 Å². The van der Waals surface area contributed by atoms with E-state index in [0.29, 0.717) is 5.39 Å². The number of rotatable bonds is 4. The fourth-order valence-electron chi connectivity index (χ4n) is 3.85. The van der Waals surface area contributed by atoms with Gasteiger partial charge in [-0.15, -0.1) is 45.3 Å². The van der Waals surface area contributed by atoms with Gasteiger partial charge in [0, 0.05) is 37.7 Å². The van der Waals surface area contributed by atoms with Gasteiger partial charge in [0.1, 0.15) is 16.4 Å². The van der Waals surface area contributed by atoms with E-state index < -0.39 is 5.82 Å². The highest BCUT2D eigenvalue weighted by Crippen LogP contribution is 2.53. The quantitative estimate of drug-likeness (QED) is 0.246. The second-order valence-corrected chi connectivity index (χ2v) is 11.6. The van der Waals surface area contributed by atoms with Crippen LogP contribution in [0.2, 0.25) is 0 Å². The van der Waals surface area contributed by atoms with Crippen molar-refractivity contribution < 1.29 is 18.7 Å². The summed E-state index contributed by atoms with van der Waals surface area (Å²) >= 11 is 6.06. The van der Waals surface area contributed by atoms with Gasteiger partial charge in [0.05, 0.1) is 33.2 Å². The van der Waals surface area contributed by atoms with Gasteiger partial charge < -0.3 is 9.47 Å². The van der Waals surface area contributed by atoms with Crippen LogP contribution in [0.3, 0.4) is 0 Å². The van der Waals surface area contributed by atoms with Crippen LogP contribution < -0.4 is 9.47 Å². The molecule has 0 spiro atoms. The van der Waals surface area contributed by atoms with Gasteiger partial charge >= 0.3 is 0 Å². The van der Waals surface area contributed by atoms with Crippen molar-refractivity contribution in [1.29, 1.82) is 0 Å². The van der Waals surface area contributed by atoms with Crippen molar-refractivity contribution >= 4 is 81.4 Å². The molecule has 0 aliphatic rings. The van der Waals surface area contributed by atoms with E-state index in [-0.39, 0.29) is 10.7 Å². The van der Waals surface area contributed by atoms with Crippen molar-refractivity contribution in [1.82, 2.24) is 0 Å². The third-order valence-corrected chi connectivity index (χ3v) is 10.1. The van der Waals surface area contributed by atoms with Gasteiger partial charge in [-0.05, 0) is 26.0 Å². The second kappa shape index (κ2) is 7.02. The second-order valence-electron chi connectivity index (χ2n) is 7.01. The van der Waals surface area contributed by atoms with E-state index in [1.54, 1.807) is 48.2 Å². The molecule has 3 nitrogen and oxygen atoms in total. The highest BCUT2D eigenvalue weighted by molar-refractivity contribution is 7.30.